The van der Waals surface area contributed by atoms with Gasteiger partial charge in [0.05, 0.1) is 5.69 Å². The summed E-state index contributed by atoms with van der Waals surface area (Å²) in [4.78, 5) is 19.6. The fourth-order valence-corrected chi connectivity index (χ4v) is 1.95. The third kappa shape index (κ3) is 2.37. The minimum atomic E-state index is -0.304. The van der Waals surface area contributed by atoms with Crippen molar-refractivity contribution in [3.8, 4) is 0 Å². The predicted octanol–water partition coefficient (Wildman–Crippen LogP) is 2.14. The standard InChI is InChI=1S/C9H7BrN4OS/c10-7-5(2-1-3-12-7)13-8(15)6-4-16-9(11)14-6/h1-4H,(H2,11,14)(H,13,15). The largest absolute Gasteiger partial charge is 0.375 e. The van der Waals surface area contributed by atoms with E-state index in [4.69, 9.17) is 5.73 Å². The van der Waals surface area contributed by atoms with Crippen LogP contribution in [0.3, 0.4) is 0 Å². The van der Waals surface area contributed by atoms with Crippen molar-refractivity contribution in [3.63, 3.8) is 0 Å². The molecule has 2 aromatic rings. The maximum atomic E-state index is 11.7. The molecule has 0 fully saturated rings. The number of amides is 1. The predicted molar refractivity (Wildman–Crippen MR) is 66.4 cm³/mol. The number of nitrogens with one attached hydrogen (secondary N) is 1. The molecule has 0 aromatic carbocycles. The Kier molecular flexibility index (Phi) is 3.16. The summed E-state index contributed by atoms with van der Waals surface area (Å²) in [6.45, 7) is 0. The SMILES string of the molecule is Nc1nc(C(=O)Nc2cccnc2Br)cs1. The number of nitrogens with two attached hydrogens (primary N) is 1. The Morgan fingerprint density at radius 2 is 2.38 bits per heavy atom. The normalized spacial score (nSPS) is 10.1. The highest BCUT2D eigenvalue weighted by Gasteiger charge is 2.11. The second-order valence-corrected chi connectivity index (χ2v) is 4.51. The van der Waals surface area contributed by atoms with Gasteiger partial charge in [-0.3, -0.25) is 4.79 Å². The van der Waals surface area contributed by atoms with Crippen molar-refractivity contribution in [1.82, 2.24) is 9.97 Å². The molecule has 3 N–H and O–H groups in total. The van der Waals surface area contributed by atoms with Gasteiger partial charge in [0.1, 0.15) is 10.3 Å². The monoisotopic (exact) mass is 298 g/mol. The van der Waals surface area contributed by atoms with Gasteiger partial charge in [0.25, 0.3) is 5.91 Å². The number of halogens is 1. The third-order valence-electron chi connectivity index (χ3n) is 1.76. The number of carbonyl (C=O) groups excluding carboxylic acids is 1. The Bertz CT molecular complexity index is 528. The van der Waals surface area contributed by atoms with Crippen molar-refractivity contribution in [2.45, 2.75) is 0 Å². The molecular formula is C9H7BrN4OS. The first-order valence-corrected chi connectivity index (χ1v) is 5.97. The van der Waals surface area contributed by atoms with E-state index in [1.165, 1.54) is 11.3 Å². The molecule has 0 aliphatic rings. The number of pyridine rings is 1. The zero-order chi connectivity index (χ0) is 11.5. The Morgan fingerprint density at radius 1 is 1.56 bits per heavy atom. The lowest BCUT2D eigenvalue weighted by Crippen LogP contribution is -2.13. The molecule has 2 heterocycles. The second kappa shape index (κ2) is 4.58. The molecule has 0 aliphatic heterocycles. The van der Waals surface area contributed by atoms with E-state index in [0.717, 1.165) is 0 Å². The minimum Gasteiger partial charge on any atom is -0.375 e. The van der Waals surface area contributed by atoms with Crippen LogP contribution in [0, 0.1) is 0 Å². The molecule has 0 atom stereocenters. The lowest BCUT2D eigenvalue weighted by molar-refractivity contribution is 0.102. The highest BCUT2D eigenvalue weighted by Crippen LogP contribution is 2.19. The molecule has 5 nitrogen and oxygen atoms in total. The quantitative estimate of drug-likeness (QED) is 0.832. The topological polar surface area (TPSA) is 80.9 Å². The summed E-state index contributed by atoms with van der Waals surface area (Å²) in [5, 5.41) is 4.66. The van der Waals surface area contributed by atoms with Crippen LogP contribution in [-0.2, 0) is 0 Å². The number of nitrogen functional groups attached to an aromatic ring is 1. The number of hydrogen-bond donors (Lipinski definition) is 2. The Hall–Kier alpha value is -1.47. The fraction of sp³-hybridized carbons (Fsp3) is 0. The minimum absolute atomic E-state index is 0.304. The summed E-state index contributed by atoms with van der Waals surface area (Å²) in [5.74, 6) is -0.304. The maximum Gasteiger partial charge on any atom is 0.275 e. The highest BCUT2D eigenvalue weighted by atomic mass is 79.9. The van der Waals surface area contributed by atoms with Gasteiger partial charge < -0.3 is 11.1 Å². The van der Waals surface area contributed by atoms with Crippen molar-refractivity contribution >= 4 is 44.0 Å². The van der Waals surface area contributed by atoms with E-state index >= 15 is 0 Å². The van der Waals surface area contributed by atoms with Crippen LogP contribution >= 0.6 is 27.3 Å². The lowest BCUT2D eigenvalue weighted by atomic mass is 10.4. The Labute approximate surface area is 104 Å². The number of hydrogen-bond acceptors (Lipinski definition) is 5. The summed E-state index contributed by atoms with van der Waals surface area (Å²) in [7, 11) is 0. The van der Waals surface area contributed by atoms with Crippen molar-refractivity contribution in [2.75, 3.05) is 11.1 Å². The van der Waals surface area contributed by atoms with E-state index < -0.39 is 0 Å². The average molecular weight is 299 g/mol. The van der Waals surface area contributed by atoms with Crippen LogP contribution in [0.15, 0.2) is 28.3 Å². The lowest BCUT2D eigenvalue weighted by Gasteiger charge is -2.03. The van der Waals surface area contributed by atoms with Gasteiger partial charge in [0.15, 0.2) is 5.13 Å². The van der Waals surface area contributed by atoms with E-state index in [0.29, 0.717) is 21.1 Å². The van der Waals surface area contributed by atoms with Crippen molar-refractivity contribution in [2.24, 2.45) is 0 Å². The van der Waals surface area contributed by atoms with Gasteiger partial charge in [0, 0.05) is 11.6 Å². The summed E-state index contributed by atoms with van der Waals surface area (Å²) in [6, 6.07) is 3.47. The number of anilines is 2. The number of carbonyl (C=O) groups is 1. The van der Waals surface area contributed by atoms with E-state index in [1.54, 1.807) is 23.7 Å². The molecule has 0 radical (unpaired) electrons. The molecule has 0 spiro atoms. The van der Waals surface area contributed by atoms with Crippen LogP contribution in [0.4, 0.5) is 10.8 Å². The van der Waals surface area contributed by atoms with Crippen LogP contribution < -0.4 is 11.1 Å². The molecule has 0 aliphatic carbocycles. The van der Waals surface area contributed by atoms with E-state index in [9.17, 15) is 4.79 Å². The molecule has 0 saturated heterocycles. The van der Waals surface area contributed by atoms with Crippen LogP contribution in [0.1, 0.15) is 10.5 Å². The van der Waals surface area contributed by atoms with Crippen LogP contribution in [0.2, 0.25) is 0 Å². The molecule has 16 heavy (non-hydrogen) atoms. The molecule has 2 rings (SSSR count). The molecule has 0 bridgehead atoms. The summed E-state index contributed by atoms with van der Waals surface area (Å²) >= 11 is 4.46. The first kappa shape index (κ1) is 11.0. The van der Waals surface area contributed by atoms with Gasteiger partial charge in [-0.15, -0.1) is 11.3 Å². The zero-order valence-electron chi connectivity index (χ0n) is 7.98. The number of aromatic nitrogens is 2. The molecule has 7 heteroatoms. The summed E-state index contributed by atoms with van der Waals surface area (Å²) in [5.41, 5.74) is 6.35. The number of thiazole rings is 1. The van der Waals surface area contributed by atoms with Crippen LogP contribution in [0.25, 0.3) is 0 Å². The summed E-state index contributed by atoms with van der Waals surface area (Å²) < 4.78 is 0.576. The molecule has 82 valence electrons. The summed E-state index contributed by atoms with van der Waals surface area (Å²) in [6.07, 6.45) is 1.63. The van der Waals surface area contributed by atoms with Gasteiger partial charge in [-0.25, -0.2) is 9.97 Å². The van der Waals surface area contributed by atoms with E-state index in [-0.39, 0.29) is 5.91 Å². The molecule has 1 amide bonds. The molecule has 0 saturated carbocycles. The van der Waals surface area contributed by atoms with Gasteiger partial charge in [-0.05, 0) is 28.1 Å². The Balaban J connectivity index is 2.17. The number of nitrogens with zero attached hydrogens (tertiary/aromatic N) is 2. The highest BCUT2D eigenvalue weighted by molar-refractivity contribution is 9.10. The molecule has 0 unspecified atom stereocenters. The van der Waals surface area contributed by atoms with Gasteiger partial charge in [0.2, 0.25) is 0 Å². The maximum absolute atomic E-state index is 11.7. The van der Waals surface area contributed by atoms with Gasteiger partial charge in [-0.2, -0.15) is 0 Å². The van der Waals surface area contributed by atoms with Crippen molar-refractivity contribution in [1.29, 1.82) is 0 Å². The van der Waals surface area contributed by atoms with Crippen molar-refractivity contribution < 1.29 is 4.79 Å². The second-order valence-electron chi connectivity index (χ2n) is 2.87. The van der Waals surface area contributed by atoms with E-state index in [1.807, 2.05) is 0 Å². The van der Waals surface area contributed by atoms with Gasteiger partial charge >= 0.3 is 0 Å². The number of rotatable bonds is 2. The van der Waals surface area contributed by atoms with Crippen LogP contribution in [0.5, 0.6) is 0 Å². The van der Waals surface area contributed by atoms with Crippen molar-refractivity contribution in [3.05, 3.63) is 34.0 Å². The first-order valence-electron chi connectivity index (χ1n) is 4.29. The fourth-order valence-electron chi connectivity index (χ4n) is 1.06. The molecule has 2 aromatic heterocycles. The Morgan fingerprint density at radius 3 is 3.00 bits per heavy atom. The van der Waals surface area contributed by atoms with E-state index in [2.05, 4.69) is 31.2 Å². The van der Waals surface area contributed by atoms with Gasteiger partial charge in [-0.1, -0.05) is 0 Å². The third-order valence-corrected chi connectivity index (χ3v) is 3.07. The smallest absolute Gasteiger partial charge is 0.275 e. The zero-order valence-corrected chi connectivity index (χ0v) is 10.4. The van der Waals surface area contributed by atoms with Crippen LogP contribution in [-0.4, -0.2) is 15.9 Å². The average Bonchev–Trinajstić information content (AvgIpc) is 2.68. The first-order chi connectivity index (χ1) is 7.66. The molecular weight excluding hydrogens is 292 g/mol.